The van der Waals surface area contributed by atoms with E-state index in [1.165, 1.54) is 0 Å². The Labute approximate surface area is 102 Å². The third kappa shape index (κ3) is 3.19. The van der Waals surface area contributed by atoms with Gasteiger partial charge < -0.3 is 15.7 Å². The van der Waals surface area contributed by atoms with Crippen molar-refractivity contribution < 1.29 is 14.7 Å². The molecule has 1 saturated heterocycles. The van der Waals surface area contributed by atoms with Gasteiger partial charge in [-0.3, -0.25) is 4.79 Å². The van der Waals surface area contributed by atoms with Crippen LogP contribution in [0.5, 0.6) is 0 Å². The van der Waals surface area contributed by atoms with Crippen LogP contribution in [0.4, 0.5) is 0 Å². The van der Waals surface area contributed by atoms with Gasteiger partial charge in [-0.2, -0.15) is 0 Å². The van der Waals surface area contributed by atoms with Crippen LogP contribution in [-0.2, 0) is 9.59 Å². The second-order valence-electron chi connectivity index (χ2n) is 4.62. The van der Waals surface area contributed by atoms with E-state index in [0.717, 1.165) is 25.8 Å². The van der Waals surface area contributed by atoms with Gasteiger partial charge in [0.2, 0.25) is 5.91 Å². The molecule has 1 aliphatic rings. The van der Waals surface area contributed by atoms with Gasteiger partial charge in [-0.1, -0.05) is 20.3 Å². The predicted octanol–water partition coefficient (Wildman–Crippen LogP) is 0.888. The molecule has 1 aliphatic heterocycles. The number of carboxylic acids is 1. The fraction of sp³-hybridized carbons (Fsp3) is 0.833. The Morgan fingerprint density at radius 2 is 2.18 bits per heavy atom. The van der Waals surface area contributed by atoms with Gasteiger partial charge in [-0.05, 0) is 32.2 Å². The summed E-state index contributed by atoms with van der Waals surface area (Å²) in [5.41, 5.74) is -0.554. The quantitative estimate of drug-likeness (QED) is 0.646. The molecule has 98 valence electrons. The lowest BCUT2D eigenvalue weighted by atomic mass is 9.92. The molecule has 1 unspecified atom stereocenters. The van der Waals surface area contributed by atoms with E-state index in [1.54, 1.807) is 0 Å². The van der Waals surface area contributed by atoms with Gasteiger partial charge in [0.25, 0.3) is 0 Å². The Bertz CT molecular complexity index is 285. The molecule has 1 heterocycles. The minimum atomic E-state index is -0.954. The number of carbonyl (C=O) groups is 2. The lowest BCUT2D eigenvalue weighted by Gasteiger charge is -2.28. The van der Waals surface area contributed by atoms with E-state index < -0.39 is 17.6 Å². The van der Waals surface area contributed by atoms with Gasteiger partial charge in [0, 0.05) is 0 Å². The molecule has 0 spiro atoms. The van der Waals surface area contributed by atoms with Crippen molar-refractivity contribution >= 4 is 11.9 Å². The second kappa shape index (κ2) is 6.00. The SMILES string of the molecule is CCC[C@@H](NC(=O)C1(CC)CCCN1)C(=O)O. The van der Waals surface area contributed by atoms with Crippen molar-refractivity contribution in [1.82, 2.24) is 10.6 Å². The molecule has 1 rings (SSSR count). The van der Waals surface area contributed by atoms with Crippen LogP contribution in [0.1, 0.15) is 46.0 Å². The number of hydrogen-bond acceptors (Lipinski definition) is 3. The summed E-state index contributed by atoms with van der Waals surface area (Å²) in [5.74, 6) is -1.12. The average molecular weight is 242 g/mol. The third-order valence-corrected chi connectivity index (χ3v) is 3.46. The molecule has 0 aromatic heterocycles. The van der Waals surface area contributed by atoms with E-state index in [0.29, 0.717) is 12.8 Å². The molecule has 0 aromatic rings. The highest BCUT2D eigenvalue weighted by Crippen LogP contribution is 2.23. The number of aliphatic carboxylic acids is 1. The zero-order chi connectivity index (χ0) is 12.9. The number of carboxylic acid groups (broad SMARTS) is 1. The molecule has 0 aromatic carbocycles. The van der Waals surface area contributed by atoms with Crippen LogP contribution in [0, 0.1) is 0 Å². The summed E-state index contributed by atoms with van der Waals surface area (Å²) >= 11 is 0. The Balaban J connectivity index is 2.65. The fourth-order valence-electron chi connectivity index (χ4n) is 2.30. The maximum absolute atomic E-state index is 12.2. The summed E-state index contributed by atoms with van der Waals surface area (Å²) in [6, 6.07) is -0.765. The maximum Gasteiger partial charge on any atom is 0.326 e. The maximum atomic E-state index is 12.2. The number of rotatable bonds is 6. The normalized spacial score (nSPS) is 25.5. The van der Waals surface area contributed by atoms with Crippen LogP contribution in [0.2, 0.25) is 0 Å². The molecule has 17 heavy (non-hydrogen) atoms. The van der Waals surface area contributed by atoms with Crippen molar-refractivity contribution in [3.05, 3.63) is 0 Å². The molecule has 0 saturated carbocycles. The van der Waals surface area contributed by atoms with Crippen LogP contribution in [0.15, 0.2) is 0 Å². The first-order chi connectivity index (χ1) is 8.05. The van der Waals surface area contributed by atoms with Gasteiger partial charge in [0.15, 0.2) is 0 Å². The van der Waals surface area contributed by atoms with Crippen molar-refractivity contribution in [2.75, 3.05) is 6.54 Å². The molecule has 2 atom stereocenters. The molecule has 0 aliphatic carbocycles. The van der Waals surface area contributed by atoms with E-state index in [1.807, 2.05) is 13.8 Å². The first-order valence-electron chi connectivity index (χ1n) is 6.34. The Morgan fingerprint density at radius 1 is 1.47 bits per heavy atom. The topological polar surface area (TPSA) is 78.4 Å². The first kappa shape index (κ1) is 14.0. The van der Waals surface area contributed by atoms with E-state index in [2.05, 4.69) is 10.6 Å². The van der Waals surface area contributed by atoms with Gasteiger partial charge in [0.05, 0.1) is 5.54 Å². The Morgan fingerprint density at radius 3 is 2.59 bits per heavy atom. The van der Waals surface area contributed by atoms with Crippen molar-refractivity contribution in [1.29, 1.82) is 0 Å². The van der Waals surface area contributed by atoms with Gasteiger partial charge in [0.1, 0.15) is 6.04 Å². The second-order valence-corrected chi connectivity index (χ2v) is 4.62. The van der Waals surface area contributed by atoms with Crippen LogP contribution >= 0.6 is 0 Å². The highest BCUT2D eigenvalue weighted by Gasteiger charge is 2.40. The highest BCUT2D eigenvalue weighted by molar-refractivity contribution is 5.90. The number of amides is 1. The van der Waals surface area contributed by atoms with Crippen LogP contribution in [0.25, 0.3) is 0 Å². The molecule has 1 amide bonds. The average Bonchev–Trinajstić information content (AvgIpc) is 2.78. The predicted molar refractivity (Wildman–Crippen MR) is 64.7 cm³/mol. The van der Waals surface area contributed by atoms with Crippen molar-refractivity contribution in [2.45, 2.75) is 57.5 Å². The standard InChI is InChI=1S/C12H22N2O3/c1-3-6-9(10(15)16)14-11(17)12(4-2)7-5-8-13-12/h9,13H,3-8H2,1-2H3,(H,14,17)(H,15,16)/t9-,12?/m1/s1. The Hall–Kier alpha value is -1.10. The molecule has 3 N–H and O–H groups in total. The summed E-state index contributed by atoms with van der Waals surface area (Å²) in [4.78, 5) is 23.1. The van der Waals surface area contributed by atoms with Gasteiger partial charge in [-0.15, -0.1) is 0 Å². The summed E-state index contributed by atoms with van der Waals surface area (Å²) in [6.45, 7) is 4.69. The van der Waals surface area contributed by atoms with Crippen LogP contribution in [0.3, 0.4) is 0 Å². The summed E-state index contributed by atoms with van der Waals surface area (Å²) < 4.78 is 0. The number of carbonyl (C=O) groups excluding carboxylic acids is 1. The summed E-state index contributed by atoms with van der Waals surface area (Å²) in [7, 11) is 0. The largest absolute Gasteiger partial charge is 0.480 e. The summed E-state index contributed by atoms with van der Waals surface area (Å²) in [5, 5.41) is 14.9. The van der Waals surface area contributed by atoms with Gasteiger partial charge >= 0.3 is 5.97 Å². The van der Waals surface area contributed by atoms with E-state index in [9.17, 15) is 9.59 Å². The molecule has 5 heteroatoms. The van der Waals surface area contributed by atoms with E-state index >= 15 is 0 Å². The molecule has 1 fully saturated rings. The zero-order valence-electron chi connectivity index (χ0n) is 10.6. The summed E-state index contributed by atoms with van der Waals surface area (Å²) in [6.07, 6.45) is 3.66. The monoisotopic (exact) mass is 242 g/mol. The molecule has 0 bridgehead atoms. The molecule has 5 nitrogen and oxygen atoms in total. The fourth-order valence-corrected chi connectivity index (χ4v) is 2.30. The van der Waals surface area contributed by atoms with Crippen molar-refractivity contribution in [3.63, 3.8) is 0 Å². The lowest BCUT2D eigenvalue weighted by molar-refractivity contribution is -0.143. The van der Waals surface area contributed by atoms with Crippen molar-refractivity contribution in [3.8, 4) is 0 Å². The third-order valence-electron chi connectivity index (χ3n) is 3.46. The van der Waals surface area contributed by atoms with Crippen molar-refractivity contribution in [2.24, 2.45) is 0 Å². The van der Waals surface area contributed by atoms with E-state index in [4.69, 9.17) is 5.11 Å². The van der Waals surface area contributed by atoms with Gasteiger partial charge in [-0.25, -0.2) is 4.79 Å². The molecular weight excluding hydrogens is 220 g/mol. The zero-order valence-corrected chi connectivity index (χ0v) is 10.6. The number of nitrogens with one attached hydrogen (secondary N) is 2. The first-order valence-corrected chi connectivity index (χ1v) is 6.34. The Kier molecular flexibility index (Phi) is 4.93. The van der Waals surface area contributed by atoms with Crippen LogP contribution < -0.4 is 10.6 Å². The highest BCUT2D eigenvalue weighted by atomic mass is 16.4. The molecule has 0 radical (unpaired) electrons. The smallest absolute Gasteiger partial charge is 0.326 e. The van der Waals surface area contributed by atoms with E-state index in [-0.39, 0.29) is 5.91 Å². The minimum Gasteiger partial charge on any atom is -0.480 e. The number of hydrogen-bond donors (Lipinski definition) is 3. The molecular formula is C12H22N2O3. The van der Waals surface area contributed by atoms with Crippen LogP contribution in [-0.4, -0.2) is 35.1 Å². The lowest BCUT2D eigenvalue weighted by Crippen LogP contribution is -2.56. The minimum absolute atomic E-state index is 0.168.